The molecule has 0 atom stereocenters. The van der Waals surface area contributed by atoms with Crippen molar-refractivity contribution in [3.63, 3.8) is 0 Å². The van der Waals surface area contributed by atoms with Crippen molar-refractivity contribution >= 4 is 17.5 Å². The molecule has 1 aliphatic heterocycles. The zero-order valence-corrected chi connectivity index (χ0v) is 21.4. The van der Waals surface area contributed by atoms with Crippen LogP contribution in [0.4, 0.5) is 17.6 Å². The van der Waals surface area contributed by atoms with Crippen molar-refractivity contribution in [1.29, 1.82) is 0 Å². The number of carbonyl (C=O) groups is 1. The maximum absolute atomic E-state index is 14.3. The van der Waals surface area contributed by atoms with Gasteiger partial charge in [0, 0.05) is 25.2 Å². The first-order valence-corrected chi connectivity index (χ1v) is 12.2. The lowest BCUT2D eigenvalue weighted by Crippen LogP contribution is -2.38. The van der Waals surface area contributed by atoms with Crippen LogP contribution in [0.5, 0.6) is 0 Å². The molecule has 0 bridgehead atoms. The van der Waals surface area contributed by atoms with Crippen molar-refractivity contribution in [2.45, 2.75) is 38.8 Å². The van der Waals surface area contributed by atoms with Gasteiger partial charge in [0.05, 0.1) is 27.5 Å². The second-order valence-corrected chi connectivity index (χ2v) is 9.36. The van der Waals surface area contributed by atoms with Crippen molar-refractivity contribution in [2.75, 3.05) is 13.1 Å². The number of alkyl halides is 3. The van der Waals surface area contributed by atoms with Gasteiger partial charge in [-0.05, 0) is 44.9 Å². The van der Waals surface area contributed by atoms with Gasteiger partial charge < -0.3 is 9.32 Å². The normalized spacial score (nSPS) is 14.6. The van der Waals surface area contributed by atoms with Gasteiger partial charge in [-0.15, -0.1) is 10.2 Å². The molecule has 0 saturated carbocycles. The van der Waals surface area contributed by atoms with Crippen LogP contribution in [0.3, 0.4) is 0 Å². The Kier molecular flexibility index (Phi) is 7.02. The Hall–Kier alpha value is -4.00. The number of halogens is 5. The van der Waals surface area contributed by atoms with Gasteiger partial charge in [-0.3, -0.25) is 4.79 Å². The van der Waals surface area contributed by atoms with E-state index in [4.69, 9.17) is 16.0 Å². The molecular formula is C25H20ClF4N7O2. The van der Waals surface area contributed by atoms with E-state index in [1.165, 1.54) is 24.3 Å². The predicted molar refractivity (Wildman–Crippen MR) is 130 cm³/mol. The number of piperidine rings is 1. The van der Waals surface area contributed by atoms with E-state index in [2.05, 4.69) is 30.1 Å². The second kappa shape index (κ2) is 10.3. The minimum absolute atomic E-state index is 0.0290. The summed E-state index contributed by atoms with van der Waals surface area (Å²) in [6, 6.07) is 5.33. The third-order valence-electron chi connectivity index (χ3n) is 6.34. The number of rotatable bonds is 4. The molecule has 0 aliphatic carbocycles. The zero-order valence-electron chi connectivity index (χ0n) is 20.6. The average molecular weight is 562 g/mol. The van der Waals surface area contributed by atoms with Gasteiger partial charge in [0.1, 0.15) is 17.3 Å². The SMILES string of the molecule is Cc1nc(C)c(-c2nnc(-c3ccnc(C(F)(F)F)n3)o2)c(C2CCN(C(=O)c3c(F)cccc3Cl)CC2)n1. The number of nitrogens with zero attached hydrogens (tertiary/aromatic N) is 7. The molecule has 0 radical (unpaired) electrons. The highest BCUT2D eigenvalue weighted by atomic mass is 35.5. The Morgan fingerprint density at radius 3 is 2.46 bits per heavy atom. The summed E-state index contributed by atoms with van der Waals surface area (Å²) < 4.78 is 59.2. The number of benzene rings is 1. The molecule has 1 aliphatic rings. The third-order valence-corrected chi connectivity index (χ3v) is 6.66. The number of aryl methyl sites for hydroxylation is 2. The molecule has 39 heavy (non-hydrogen) atoms. The highest BCUT2D eigenvalue weighted by Crippen LogP contribution is 2.37. The summed E-state index contributed by atoms with van der Waals surface area (Å²) in [5, 5.41) is 7.98. The topological polar surface area (TPSA) is 111 Å². The molecule has 4 heterocycles. The van der Waals surface area contributed by atoms with E-state index in [9.17, 15) is 22.4 Å². The summed E-state index contributed by atoms with van der Waals surface area (Å²) >= 11 is 6.08. The standard InChI is InChI=1S/C25H20ClF4N7O2/c1-12-18(22-36-35-21(39-22)17-6-9-31-24(34-17)25(28,29)30)20(33-13(2)32-12)14-7-10-37(11-8-14)23(38)19-15(26)4-3-5-16(19)27/h3-6,9,14H,7-8,10-11H2,1-2H3. The maximum atomic E-state index is 14.3. The molecule has 0 N–H and O–H groups in total. The first-order valence-electron chi connectivity index (χ1n) is 11.9. The molecular weight excluding hydrogens is 542 g/mol. The van der Waals surface area contributed by atoms with Gasteiger partial charge in [-0.2, -0.15) is 13.2 Å². The Labute approximate surface area is 224 Å². The molecule has 4 aromatic rings. The molecule has 202 valence electrons. The van der Waals surface area contributed by atoms with E-state index >= 15 is 0 Å². The van der Waals surface area contributed by atoms with Crippen LogP contribution in [-0.4, -0.2) is 54.0 Å². The summed E-state index contributed by atoms with van der Waals surface area (Å²) in [5.41, 5.74) is 1.28. The highest BCUT2D eigenvalue weighted by molar-refractivity contribution is 6.33. The van der Waals surface area contributed by atoms with Gasteiger partial charge >= 0.3 is 6.18 Å². The van der Waals surface area contributed by atoms with Crippen LogP contribution >= 0.6 is 11.6 Å². The summed E-state index contributed by atoms with van der Waals surface area (Å²) in [7, 11) is 0. The monoisotopic (exact) mass is 561 g/mol. The summed E-state index contributed by atoms with van der Waals surface area (Å²) in [6.07, 6.45) is -2.77. The molecule has 1 fully saturated rings. The fourth-order valence-corrected chi connectivity index (χ4v) is 4.80. The Morgan fingerprint density at radius 1 is 1.05 bits per heavy atom. The van der Waals surface area contributed by atoms with Crippen molar-refractivity contribution in [3.05, 3.63) is 69.9 Å². The van der Waals surface area contributed by atoms with Crippen LogP contribution in [0.1, 0.15) is 52.2 Å². The Bertz CT molecular complexity index is 1530. The average Bonchev–Trinajstić information content (AvgIpc) is 3.37. The highest BCUT2D eigenvalue weighted by Gasteiger charge is 2.35. The molecule has 3 aromatic heterocycles. The lowest BCUT2D eigenvalue weighted by molar-refractivity contribution is -0.144. The van der Waals surface area contributed by atoms with Crippen LogP contribution in [0, 0.1) is 19.7 Å². The second-order valence-electron chi connectivity index (χ2n) is 8.96. The lowest BCUT2D eigenvalue weighted by Gasteiger charge is -2.32. The molecule has 0 unspecified atom stereocenters. The molecule has 1 aromatic carbocycles. The summed E-state index contributed by atoms with van der Waals surface area (Å²) in [4.78, 5) is 30.3. The number of likely N-dealkylation sites (tertiary alicyclic amines) is 1. The third kappa shape index (κ3) is 5.31. The van der Waals surface area contributed by atoms with Gasteiger partial charge in [0.25, 0.3) is 17.7 Å². The van der Waals surface area contributed by atoms with Gasteiger partial charge in [-0.25, -0.2) is 24.3 Å². The minimum Gasteiger partial charge on any atom is -0.414 e. The fraction of sp³-hybridized carbons (Fsp3) is 0.320. The fourth-order valence-electron chi connectivity index (χ4n) is 4.56. The van der Waals surface area contributed by atoms with E-state index < -0.39 is 23.7 Å². The summed E-state index contributed by atoms with van der Waals surface area (Å²) in [6.45, 7) is 4.12. The molecule has 14 heteroatoms. The number of aromatic nitrogens is 6. The molecule has 0 spiro atoms. The van der Waals surface area contributed by atoms with Crippen LogP contribution in [0.15, 0.2) is 34.9 Å². The van der Waals surface area contributed by atoms with Crippen molar-refractivity contribution in [3.8, 4) is 23.0 Å². The smallest absolute Gasteiger partial charge is 0.414 e. The van der Waals surface area contributed by atoms with Gasteiger partial charge in [0.15, 0.2) is 0 Å². The number of hydrogen-bond donors (Lipinski definition) is 0. The van der Waals surface area contributed by atoms with E-state index in [1.54, 1.807) is 18.7 Å². The van der Waals surface area contributed by atoms with E-state index in [0.717, 1.165) is 6.20 Å². The van der Waals surface area contributed by atoms with Gasteiger partial charge in [-0.1, -0.05) is 17.7 Å². The molecule has 5 rings (SSSR count). The predicted octanol–water partition coefficient (Wildman–Crippen LogP) is 5.43. The maximum Gasteiger partial charge on any atom is 0.451 e. The minimum atomic E-state index is -4.73. The van der Waals surface area contributed by atoms with E-state index in [1.807, 2.05) is 0 Å². The Morgan fingerprint density at radius 2 is 1.77 bits per heavy atom. The number of amides is 1. The zero-order chi connectivity index (χ0) is 27.9. The summed E-state index contributed by atoms with van der Waals surface area (Å²) in [5.74, 6) is -2.31. The van der Waals surface area contributed by atoms with Crippen LogP contribution in [-0.2, 0) is 6.18 Å². The van der Waals surface area contributed by atoms with Crippen LogP contribution in [0.25, 0.3) is 23.0 Å². The largest absolute Gasteiger partial charge is 0.451 e. The van der Waals surface area contributed by atoms with Crippen molar-refractivity contribution in [1.82, 2.24) is 35.0 Å². The van der Waals surface area contributed by atoms with Crippen LogP contribution in [0.2, 0.25) is 5.02 Å². The van der Waals surface area contributed by atoms with E-state index in [-0.39, 0.29) is 34.0 Å². The molecule has 9 nitrogen and oxygen atoms in total. The van der Waals surface area contributed by atoms with E-state index in [0.29, 0.717) is 48.7 Å². The Balaban J connectivity index is 1.42. The number of hydrogen-bond acceptors (Lipinski definition) is 8. The number of carbonyl (C=O) groups excluding carboxylic acids is 1. The van der Waals surface area contributed by atoms with Crippen LogP contribution < -0.4 is 0 Å². The molecule has 1 amide bonds. The van der Waals surface area contributed by atoms with Gasteiger partial charge in [0.2, 0.25) is 5.82 Å². The van der Waals surface area contributed by atoms with Crippen molar-refractivity contribution in [2.24, 2.45) is 0 Å². The first-order chi connectivity index (χ1) is 18.5. The molecule has 1 saturated heterocycles. The quantitative estimate of drug-likeness (QED) is 0.303. The van der Waals surface area contributed by atoms with Crippen molar-refractivity contribution < 1.29 is 26.8 Å². The lowest BCUT2D eigenvalue weighted by atomic mass is 9.89. The first kappa shape index (κ1) is 26.6.